The molecule has 4 amide bonds. The van der Waals surface area contributed by atoms with Crippen molar-refractivity contribution in [3.8, 4) is 5.75 Å². The molecule has 2 aliphatic rings. The molecule has 1 aromatic carbocycles. The molecule has 15 heteroatoms. The van der Waals surface area contributed by atoms with Gasteiger partial charge in [0.05, 0.1) is 19.1 Å². The van der Waals surface area contributed by atoms with Crippen molar-refractivity contribution in [1.82, 2.24) is 26.1 Å². The summed E-state index contributed by atoms with van der Waals surface area (Å²) in [6.07, 6.45) is 12.1. The molecule has 2 aliphatic heterocycles. The second-order valence-corrected chi connectivity index (χ2v) is 14.9. The van der Waals surface area contributed by atoms with Crippen LogP contribution in [0.15, 0.2) is 84.0 Å². The summed E-state index contributed by atoms with van der Waals surface area (Å²) >= 11 is 0. The lowest BCUT2D eigenvalue weighted by molar-refractivity contribution is -0.162. The van der Waals surface area contributed by atoms with Gasteiger partial charge in [-0.25, -0.2) is 10.5 Å². The van der Waals surface area contributed by atoms with E-state index in [9.17, 15) is 39.0 Å². The van der Waals surface area contributed by atoms with Crippen LogP contribution in [0, 0.1) is 11.8 Å². The van der Waals surface area contributed by atoms with Crippen LogP contribution in [0.5, 0.6) is 5.75 Å². The van der Waals surface area contributed by atoms with Crippen LogP contribution in [-0.2, 0) is 44.8 Å². The van der Waals surface area contributed by atoms with Crippen molar-refractivity contribution < 1.29 is 48.6 Å². The Labute approximate surface area is 340 Å². The average Bonchev–Trinajstić information content (AvgIpc) is 3.18. The largest absolute Gasteiger partial charge is 0.508 e. The van der Waals surface area contributed by atoms with Crippen molar-refractivity contribution in [2.75, 3.05) is 20.7 Å². The van der Waals surface area contributed by atoms with Crippen LogP contribution in [0.4, 0.5) is 0 Å². The van der Waals surface area contributed by atoms with Crippen molar-refractivity contribution in [3.63, 3.8) is 0 Å². The van der Waals surface area contributed by atoms with Gasteiger partial charge in [0, 0.05) is 38.9 Å². The Hall–Kier alpha value is -5.38. The number of rotatable bonds is 10. The molecule has 0 aliphatic carbocycles. The van der Waals surface area contributed by atoms with E-state index in [2.05, 4.69) is 16.1 Å². The van der Waals surface area contributed by atoms with Gasteiger partial charge in [0.2, 0.25) is 11.8 Å². The molecule has 15 nitrogen and oxygen atoms in total. The van der Waals surface area contributed by atoms with Crippen LogP contribution < -0.4 is 16.1 Å². The number of aliphatic hydroxyl groups excluding tert-OH is 1. The van der Waals surface area contributed by atoms with Crippen molar-refractivity contribution in [1.29, 1.82) is 0 Å². The molecule has 0 spiro atoms. The number of ether oxygens (including phenoxy) is 1. The number of carbonyl (C=O) groups is 6. The summed E-state index contributed by atoms with van der Waals surface area (Å²) in [5.74, 6) is -4.57. The number of allylic oxidation sites excluding steroid dienone is 6. The van der Waals surface area contributed by atoms with Gasteiger partial charge in [-0.3, -0.25) is 33.8 Å². The van der Waals surface area contributed by atoms with Crippen LogP contribution >= 0.6 is 0 Å². The predicted octanol–water partition coefficient (Wildman–Crippen LogP) is 3.30. The number of amides is 4. The van der Waals surface area contributed by atoms with Gasteiger partial charge in [0.1, 0.15) is 35.8 Å². The maximum absolute atomic E-state index is 14.3. The van der Waals surface area contributed by atoms with E-state index in [0.29, 0.717) is 29.6 Å². The number of esters is 1. The molecule has 3 rings (SSSR count). The summed E-state index contributed by atoms with van der Waals surface area (Å²) in [5, 5.41) is 29.5. The summed E-state index contributed by atoms with van der Waals surface area (Å²) in [7, 11) is 2.84. The fraction of sp³-hybridized carbons (Fsp3) is 0.488. The third-order valence-corrected chi connectivity index (χ3v) is 9.96. The number of aromatic hydroxyl groups is 1. The first kappa shape index (κ1) is 47.0. The molecule has 0 radical (unpaired) electrons. The van der Waals surface area contributed by atoms with Gasteiger partial charge in [-0.15, -0.1) is 0 Å². The number of likely N-dealkylation sites (N-methyl/N-ethyl adjacent to an activating group) is 1. The first-order valence-corrected chi connectivity index (χ1v) is 19.5. The standard InChI is InChI=1S/C43H59N5O10/c1-27(2)38-41(54)44-35(26-31-17-13-18-32(50)25-31)42(55)48-24-14-19-34(46-48)43(56)58-36(28(3)16-12-21-37(51)47(6)57-7)20-11-9-8-10-15-29(4)39(52)33(40(53)45-38)23-22-30(5)49/h8-13,15-18,21,25,27,33-36,38-39,46,50,52H,14,19-20,22-24,26H2,1-7H3,(H,44,54)(H,45,53)/b10-8+,11-9+,21-12+,28-16+,29-15+/t33-,34?,35?,36+,38?,39-/m1/s1. The Morgan fingerprint density at radius 2 is 1.83 bits per heavy atom. The van der Waals surface area contributed by atoms with Gasteiger partial charge in [0.25, 0.3) is 11.8 Å². The summed E-state index contributed by atoms with van der Waals surface area (Å²) in [6, 6.07) is 3.03. The number of ketones is 1. The average molecular weight is 806 g/mol. The zero-order valence-corrected chi connectivity index (χ0v) is 34.5. The Morgan fingerprint density at radius 3 is 2.50 bits per heavy atom. The molecule has 58 heavy (non-hydrogen) atoms. The highest BCUT2D eigenvalue weighted by Crippen LogP contribution is 2.22. The van der Waals surface area contributed by atoms with Crippen molar-refractivity contribution >= 4 is 35.4 Å². The fourth-order valence-corrected chi connectivity index (χ4v) is 6.37. The van der Waals surface area contributed by atoms with Gasteiger partial charge >= 0.3 is 5.97 Å². The molecule has 5 N–H and O–H groups in total. The number of phenolic OH excluding ortho intramolecular Hbond substituents is 1. The third-order valence-electron chi connectivity index (χ3n) is 9.96. The smallest absolute Gasteiger partial charge is 0.325 e. The van der Waals surface area contributed by atoms with E-state index in [0.717, 1.165) is 5.06 Å². The number of benzene rings is 1. The lowest BCUT2D eigenvalue weighted by atomic mass is 9.89. The second kappa shape index (κ2) is 23.1. The number of hydrogen-bond acceptors (Lipinski definition) is 11. The first-order valence-electron chi connectivity index (χ1n) is 19.5. The number of Topliss-reactive ketones (excluding diaryl/α,β-unsaturated/α-hetero) is 1. The minimum atomic E-state index is -1.29. The topological polar surface area (TPSA) is 204 Å². The monoisotopic (exact) mass is 805 g/mol. The van der Waals surface area contributed by atoms with Gasteiger partial charge in [-0.05, 0) is 74.8 Å². The highest BCUT2D eigenvalue weighted by atomic mass is 16.7. The Kier molecular flexibility index (Phi) is 18.7. The van der Waals surface area contributed by atoms with E-state index in [1.807, 2.05) is 0 Å². The minimum Gasteiger partial charge on any atom is -0.508 e. The molecular formula is C43H59N5O10. The zero-order valence-electron chi connectivity index (χ0n) is 34.5. The molecule has 316 valence electrons. The summed E-state index contributed by atoms with van der Waals surface area (Å²) in [6.45, 7) is 8.49. The van der Waals surface area contributed by atoms with Gasteiger partial charge in [0.15, 0.2) is 0 Å². The molecule has 3 unspecified atom stereocenters. The van der Waals surface area contributed by atoms with E-state index in [1.165, 1.54) is 50.4 Å². The molecule has 6 atom stereocenters. The van der Waals surface area contributed by atoms with E-state index in [1.54, 1.807) is 76.3 Å². The minimum absolute atomic E-state index is 0.0276. The second-order valence-electron chi connectivity index (χ2n) is 14.9. The highest BCUT2D eigenvalue weighted by Gasteiger charge is 2.37. The molecule has 1 fully saturated rings. The van der Waals surface area contributed by atoms with Crippen LogP contribution in [-0.4, -0.2) is 107 Å². The normalized spacial score (nSPS) is 26.7. The molecule has 0 saturated carbocycles. The van der Waals surface area contributed by atoms with Crippen LogP contribution in [0.1, 0.15) is 72.3 Å². The van der Waals surface area contributed by atoms with Crippen molar-refractivity contribution in [2.24, 2.45) is 11.8 Å². The third kappa shape index (κ3) is 14.5. The number of hydrazine groups is 1. The maximum Gasteiger partial charge on any atom is 0.325 e. The van der Waals surface area contributed by atoms with Crippen LogP contribution in [0.2, 0.25) is 0 Å². The first-order chi connectivity index (χ1) is 27.5. The number of phenols is 1. The summed E-state index contributed by atoms with van der Waals surface area (Å²) < 4.78 is 6.01. The number of nitrogens with zero attached hydrogens (tertiary/aromatic N) is 2. The number of fused-ring (bicyclic) bond motifs is 2. The number of hydrogen-bond donors (Lipinski definition) is 5. The maximum atomic E-state index is 14.3. The molecular weight excluding hydrogens is 746 g/mol. The number of nitrogens with one attached hydrogen (secondary N) is 3. The van der Waals surface area contributed by atoms with Crippen LogP contribution in [0.25, 0.3) is 0 Å². The quantitative estimate of drug-likeness (QED) is 0.101. The van der Waals surface area contributed by atoms with E-state index in [4.69, 9.17) is 9.57 Å². The molecule has 0 aromatic heterocycles. The number of carbonyl (C=O) groups excluding carboxylic acids is 6. The number of aliphatic hydroxyl groups is 1. The van der Waals surface area contributed by atoms with E-state index < -0.39 is 71.8 Å². The van der Waals surface area contributed by atoms with Gasteiger partial charge < -0.3 is 30.4 Å². The van der Waals surface area contributed by atoms with Crippen molar-refractivity contribution in [3.05, 3.63) is 89.6 Å². The predicted molar refractivity (Wildman–Crippen MR) is 217 cm³/mol. The molecule has 1 aromatic rings. The van der Waals surface area contributed by atoms with E-state index in [-0.39, 0.29) is 43.8 Å². The molecule has 2 heterocycles. The Balaban J connectivity index is 2.07. The van der Waals surface area contributed by atoms with Gasteiger partial charge in [-0.2, -0.15) is 0 Å². The Morgan fingerprint density at radius 1 is 1.09 bits per heavy atom. The Bertz CT molecular complexity index is 1780. The van der Waals surface area contributed by atoms with E-state index >= 15 is 0 Å². The van der Waals surface area contributed by atoms with Crippen LogP contribution in [0.3, 0.4) is 0 Å². The summed E-state index contributed by atoms with van der Waals surface area (Å²) in [5.41, 5.74) is 4.62. The lowest BCUT2D eigenvalue weighted by Crippen LogP contribution is -2.62. The van der Waals surface area contributed by atoms with Crippen molar-refractivity contribution in [2.45, 2.75) is 103 Å². The number of hydroxylamine groups is 2. The SMILES string of the molecule is CON(C)C(=O)/C=C/C=C(\C)[C@@H]1C/C=C/C=C/C=C(\C)[C@@H](O)[C@@H](CCC(C)=O)C(=O)NC(C(C)C)C(=O)NC(Cc2cccc(O)c2)C(=O)N2CCCC(N2)C(=O)O1. The highest BCUT2D eigenvalue weighted by molar-refractivity contribution is 5.93. The summed E-state index contributed by atoms with van der Waals surface area (Å²) in [4.78, 5) is 85.0. The van der Waals surface area contributed by atoms with Gasteiger partial charge in [-0.1, -0.05) is 68.5 Å². The zero-order chi connectivity index (χ0) is 42.9. The number of cyclic esters (lactones) is 1. The lowest BCUT2D eigenvalue weighted by Gasteiger charge is -2.36. The fourth-order valence-electron chi connectivity index (χ4n) is 6.37. The molecule has 1 saturated heterocycles. The molecule has 2 bridgehead atoms.